The molecule has 0 bridgehead atoms. The van der Waals surface area contributed by atoms with E-state index in [4.69, 9.17) is 0 Å². The van der Waals surface area contributed by atoms with Gasteiger partial charge in [-0.05, 0) is 20.8 Å². The van der Waals surface area contributed by atoms with Gasteiger partial charge in [-0.1, -0.05) is 0 Å². The van der Waals surface area contributed by atoms with Gasteiger partial charge >= 0.3 is 11.9 Å². The lowest BCUT2D eigenvalue weighted by atomic mass is 10.1. The number of carbonyl (C=O) groups is 2. The zero-order valence-corrected chi connectivity index (χ0v) is 11.0. The van der Waals surface area contributed by atoms with E-state index in [2.05, 4.69) is 20.0 Å². The van der Waals surface area contributed by atoms with Gasteiger partial charge in [0.2, 0.25) is 0 Å². The molecule has 0 aliphatic carbocycles. The van der Waals surface area contributed by atoms with Crippen LogP contribution in [0.3, 0.4) is 0 Å². The van der Waals surface area contributed by atoms with Gasteiger partial charge in [0.05, 0.1) is 20.6 Å². The van der Waals surface area contributed by atoms with Crippen molar-refractivity contribution in [1.29, 1.82) is 0 Å². The molecule has 0 unspecified atom stereocenters. The molecular weight excluding hydrogens is 224 g/mol. The zero-order chi connectivity index (χ0) is 13.5. The minimum Gasteiger partial charge on any atom is -0.469 e. The van der Waals surface area contributed by atoms with Crippen molar-refractivity contribution in [3.63, 3.8) is 0 Å². The van der Waals surface area contributed by atoms with Crippen LogP contribution in [0.2, 0.25) is 0 Å². The second kappa shape index (κ2) is 6.88. The Morgan fingerprint density at radius 1 is 1.12 bits per heavy atom. The van der Waals surface area contributed by atoms with Crippen molar-refractivity contribution in [3.05, 3.63) is 0 Å². The molecule has 0 radical (unpaired) electrons. The summed E-state index contributed by atoms with van der Waals surface area (Å²) in [4.78, 5) is 22.4. The summed E-state index contributed by atoms with van der Waals surface area (Å²) in [5, 5.41) is 3.96. The summed E-state index contributed by atoms with van der Waals surface area (Å²) >= 11 is 0. The maximum absolute atomic E-state index is 11.4. The van der Waals surface area contributed by atoms with Crippen LogP contribution in [0, 0.1) is 0 Å². The zero-order valence-electron chi connectivity index (χ0n) is 11.0. The third-order valence-electron chi connectivity index (χ3n) is 1.74. The number of nitrogens with zero attached hydrogens (tertiary/aromatic N) is 1. The average molecular weight is 244 g/mol. The number of carbonyl (C=O) groups excluding carboxylic acids is 2. The molecule has 0 aliphatic rings. The standard InChI is InChI=1S/C11H20N2O4/c1-11(2,3)13-12-8(10(15)17-5)6-7-9(14)16-4/h13H,6-7H2,1-5H3/b12-8-. The van der Waals surface area contributed by atoms with Gasteiger partial charge in [0.1, 0.15) is 5.71 Å². The number of esters is 2. The van der Waals surface area contributed by atoms with Gasteiger partial charge in [-0.3, -0.25) is 4.79 Å². The molecule has 0 saturated carbocycles. The van der Waals surface area contributed by atoms with Gasteiger partial charge in [0, 0.05) is 12.0 Å². The van der Waals surface area contributed by atoms with E-state index in [0.29, 0.717) is 0 Å². The summed E-state index contributed by atoms with van der Waals surface area (Å²) in [6.45, 7) is 5.73. The van der Waals surface area contributed by atoms with Crippen LogP contribution in [-0.2, 0) is 19.1 Å². The van der Waals surface area contributed by atoms with Crippen LogP contribution in [-0.4, -0.2) is 37.4 Å². The minimum atomic E-state index is -0.550. The highest BCUT2D eigenvalue weighted by Crippen LogP contribution is 2.01. The quantitative estimate of drug-likeness (QED) is 0.441. The molecule has 98 valence electrons. The van der Waals surface area contributed by atoms with Gasteiger partial charge in [-0.25, -0.2) is 4.79 Å². The third kappa shape index (κ3) is 7.32. The molecule has 0 aromatic carbocycles. The van der Waals surface area contributed by atoms with Gasteiger partial charge in [0.15, 0.2) is 0 Å². The van der Waals surface area contributed by atoms with E-state index in [1.807, 2.05) is 20.8 Å². The van der Waals surface area contributed by atoms with E-state index >= 15 is 0 Å². The second-order valence-electron chi connectivity index (χ2n) is 4.49. The number of nitrogens with one attached hydrogen (secondary N) is 1. The average Bonchev–Trinajstić information content (AvgIpc) is 2.26. The molecule has 17 heavy (non-hydrogen) atoms. The number of hydrogen-bond acceptors (Lipinski definition) is 6. The molecule has 0 heterocycles. The topological polar surface area (TPSA) is 77.0 Å². The maximum Gasteiger partial charge on any atom is 0.354 e. The normalized spacial score (nSPS) is 11.9. The molecule has 0 spiro atoms. The van der Waals surface area contributed by atoms with Crippen molar-refractivity contribution < 1.29 is 19.1 Å². The first-order chi connectivity index (χ1) is 7.80. The number of hydrogen-bond donors (Lipinski definition) is 1. The Kier molecular flexibility index (Phi) is 6.23. The van der Waals surface area contributed by atoms with Crippen LogP contribution >= 0.6 is 0 Å². The maximum atomic E-state index is 11.4. The summed E-state index contributed by atoms with van der Waals surface area (Å²) in [6.07, 6.45) is 0.276. The Balaban J connectivity index is 4.54. The number of hydrazone groups is 1. The molecule has 0 aromatic rings. The Morgan fingerprint density at radius 3 is 2.12 bits per heavy atom. The fraction of sp³-hybridized carbons (Fsp3) is 0.727. The monoisotopic (exact) mass is 244 g/mol. The Hall–Kier alpha value is -1.59. The van der Waals surface area contributed by atoms with E-state index in [-0.39, 0.29) is 24.1 Å². The molecular formula is C11H20N2O4. The van der Waals surface area contributed by atoms with Gasteiger partial charge in [0.25, 0.3) is 0 Å². The highest BCUT2D eigenvalue weighted by Gasteiger charge is 2.16. The van der Waals surface area contributed by atoms with Crippen LogP contribution < -0.4 is 5.43 Å². The van der Waals surface area contributed by atoms with Crippen molar-refractivity contribution >= 4 is 17.7 Å². The first-order valence-corrected chi connectivity index (χ1v) is 5.29. The van der Waals surface area contributed by atoms with E-state index in [0.717, 1.165) is 0 Å². The highest BCUT2D eigenvalue weighted by molar-refractivity contribution is 6.36. The van der Waals surface area contributed by atoms with E-state index in [1.54, 1.807) is 0 Å². The number of ether oxygens (including phenoxy) is 2. The number of rotatable bonds is 5. The lowest BCUT2D eigenvalue weighted by Crippen LogP contribution is -2.33. The first kappa shape index (κ1) is 15.4. The molecule has 0 saturated heterocycles. The lowest BCUT2D eigenvalue weighted by Gasteiger charge is -2.18. The fourth-order valence-electron chi connectivity index (χ4n) is 0.879. The van der Waals surface area contributed by atoms with Crippen LogP contribution in [0.15, 0.2) is 5.10 Å². The van der Waals surface area contributed by atoms with Crippen LogP contribution in [0.1, 0.15) is 33.6 Å². The van der Waals surface area contributed by atoms with Crippen LogP contribution in [0.4, 0.5) is 0 Å². The molecule has 0 fully saturated rings. The summed E-state index contributed by atoms with van der Waals surface area (Å²) in [5.41, 5.74) is 2.73. The molecule has 6 nitrogen and oxygen atoms in total. The Morgan fingerprint density at radius 2 is 1.71 bits per heavy atom. The third-order valence-corrected chi connectivity index (χ3v) is 1.74. The smallest absolute Gasteiger partial charge is 0.354 e. The summed E-state index contributed by atoms with van der Waals surface area (Å²) in [6, 6.07) is 0. The van der Waals surface area contributed by atoms with Crippen molar-refractivity contribution in [2.45, 2.75) is 39.2 Å². The molecule has 1 N–H and O–H groups in total. The second-order valence-corrected chi connectivity index (χ2v) is 4.49. The summed E-state index contributed by atoms with van der Waals surface area (Å²) in [7, 11) is 2.57. The molecule has 0 amide bonds. The summed E-state index contributed by atoms with van der Waals surface area (Å²) in [5.74, 6) is -0.942. The van der Waals surface area contributed by atoms with E-state index in [1.165, 1.54) is 14.2 Å². The lowest BCUT2D eigenvalue weighted by molar-refractivity contribution is -0.140. The molecule has 0 rings (SSSR count). The van der Waals surface area contributed by atoms with Crippen molar-refractivity contribution in [2.24, 2.45) is 5.10 Å². The van der Waals surface area contributed by atoms with Crippen LogP contribution in [0.5, 0.6) is 0 Å². The summed E-state index contributed by atoms with van der Waals surface area (Å²) < 4.78 is 9.07. The predicted octanol–water partition coefficient (Wildman–Crippen LogP) is 0.857. The molecule has 0 atom stereocenters. The van der Waals surface area contributed by atoms with E-state index in [9.17, 15) is 9.59 Å². The Bertz CT molecular complexity index is 305. The SMILES string of the molecule is COC(=O)CC/C(=N/NC(C)(C)C)C(=O)OC. The molecule has 0 aromatic heterocycles. The highest BCUT2D eigenvalue weighted by atomic mass is 16.5. The fourth-order valence-corrected chi connectivity index (χ4v) is 0.879. The van der Waals surface area contributed by atoms with Crippen molar-refractivity contribution in [1.82, 2.24) is 5.43 Å². The minimum absolute atomic E-state index is 0.0935. The molecule has 6 heteroatoms. The van der Waals surface area contributed by atoms with Crippen LogP contribution in [0.25, 0.3) is 0 Å². The predicted molar refractivity (Wildman–Crippen MR) is 63.6 cm³/mol. The van der Waals surface area contributed by atoms with Gasteiger partial charge < -0.3 is 14.9 Å². The number of methoxy groups -OCH3 is 2. The van der Waals surface area contributed by atoms with Gasteiger partial charge in [-0.15, -0.1) is 0 Å². The van der Waals surface area contributed by atoms with Crippen molar-refractivity contribution in [2.75, 3.05) is 14.2 Å². The van der Waals surface area contributed by atoms with Crippen molar-refractivity contribution in [3.8, 4) is 0 Å². The van der Waals surface area contributed by atoms with E-state index < -0.39 is 11.9 Å². The first-order valence-electron chi connectivity index (χ1n) is 5.29. The molecule has 0 aliphatic heterocycles. The largest absolute Gasteiger partial charge is 0.469 e. The van der Waals surface area contributed by atoms with Gasteiger partial charge in [-0.2, -0.15) is 5.10 Å². The Labute approximate surface area is 101 Å².